The van der Waals surface area contributed by atoms with E-state index in [-0.39, 0.29) is 5.82 Å². The second-order valence-electron chi connectivity index (χ2n) is 6.71. The monoisotopic (exact) mass is 380 g/mol. The maximum atomic E-state index is 14.1. The van der Waals surface area contributed by atoms with Gasteiger partial charge in [0.2, 0.25) is 0 Å². The standard InChI is InChI=1S/C21H21FN4S/c1-24-20(18-9-5-6-10-19(18)22)23-26(21(24)27)15-25-13-11-17(12-14-25)16-7-3-2-4-8-16/h2-11H,12-15H2,1H3. The van der Waals surface area contributed by atoms with Gasteiger partial charge in [0, 0.05) is 20.1 Å². The third-order valence-electron chi connectivity index (χ3n) is 4.93. The Kier molecular flexibility index (Phi) is 5.01. The first-order valence-electron chi connectivity index (χ1n) is 8.99. The van der Waals surface area contributed by atoms with Crippen LogP contribution in [0, 0.1) is 10.6 Å². The van der Waals surface area contributed by atoms with Crippen LogP contribution >= 0.6 is 12.2 Å². The first-order chi connectivity index (χ1) is 13.1. The lowest BCUT2D eigenvalue weighted by Gasteiger charge is -2.26. The number of benzene rings is 2. The first-order valence-corrected chi connectivity index (χ1v) is 9.40. The predicted molar refractivity (Wildman–Crippen MR) is 108 cm³/mol. The van der Waals surface area contributed by atoms with E-state index in [4.69, 9.17) is 12.2 Å². The lowest BCUT2D eigenvalue weighted by Crippen LogP contribution is -2.31. The van der Waals surface area contributed by atoms with Gasteiger partial charge < -0.3 is 4.57 Å². The number of halogens is 1. The van der Waals surface area contributed by atoms with Crippen molar-refractivity contribution in [3.8, 4) is 11.4 Å². The lowest BCUT2D eigenvalue weighted by molar-refractivity contribution is 0.226. The fraction of sp³-hybridized carbons (Fsp3) is 0.238. The average molecular weight is 380 g/mol. The highest BCUT2D eigenvalue weighted by Crippen LogP contribution is 2.23. The minimum Gasteiger partial charge on any atom is -0.303 e. The van der Waals surface area contributed by atoms with Crippen molar-refractivity contribution in [1.82, 2.24) is 19.2 Å². The van der Waals surface area contributed by atoms with Gasteiger partial charge in [-0.15, -0.1) is 0 Å². The van der Waals surface area contributed by atoms with Gasteiger partial charge in [0.15, 0.2) is 10.6 Å². The van der Waals surface area contributed by atoms with Crippen molar-refractivity contribution < 1.29 is 4.39 Å². The van der Waals surface area contributed by atoms with Gasteiger partial charge in [0.05, 0.1) is 12.2 Å². The number of aromatic nitrogens is 3. The molecule has 0 spiro atoms. The Morgan fingerprint density at radius 2 is 1.81 bits per heavy atom. The third kappa shape index (κ3) is 3.63. The van der Waals surface area contributed by atoms with Crippen LogP contribution in [-0.4, -0.2) is 32.3 Å². The Labute approximate surface area is 163 Å². The van der Waals surface area contributed by atoms with Crippen molar-refractivity contribution >= 4 is 17.8 Å². The van der Waals surface area contributed by atoms with Crippen LogP contribution in [-0.2, 0) is 13.7 Å². The second kappa shape index (κ2) is 7.58. The van der Waals surface area contributed by atoms with Crippen molar-refractivity contribution in [2.45, 2.75) is 13.1 Å². The van der Waals surface area contributed by atoms with Crippen LogP contribution in [0.1, 0.15) is 12.0 Å². The molecule has 0 unspecified atom stereocenters. The summed E-state index contributed by atoms with van der Waals surface area (Å²) in [5.74, 6) is 0.261. The zero-order valence-electron chi connectivity index (χ0n) is 15.2. The highest BCUT2D eigenvalue weighted by atomic mass is 32.1. The largest absolute Gasteiger partial charge is 0.303 e. The van der Waals surface area contributed by atoms with E-state index in [1.807, 2.05) is 13.1 Å². The summed E-state index contributed by atoms with van der Waals surface area (Å²) in [5.41, 5.74) is 3.13. The molecule has 2 heterocycles. The Hall–Kier alpha value is -2.57. The molecule has 0 radical (unpaired) electrons. The Morgan fingerprint density at radius 1 is 1.07 bits per heavy atom. The van der Waals surface area contributed by atoms with E-state index in [0.717, 1.165) is 19.5 Å². The summed E-state index contributed by atoms with van der Waals surface area (Å²) in [7, 11) is 1.83. The van der Waals surface area contributed by atoms with Crippen molar-refractivity contribution in [2.24, 2.45) is 7.05 Å². The molecule has 4 rings (SSSR count). The fourth-order valence-corrected chi connectivity index (χ4v) is 3.59. The minimum absolute atomic E-state index is 0.291. The molecule has 0 atom stereocenters. The van der Waals surface area contributed by atoms with E-state index in [9.17, 15) is 4.39 Å². The quantitative estimate of drug-likeness (QED) is 0.623. The van der Waals surface area contributed by atoms with E-state index >= 15 is 0 Å². The summed E-state index contributed by atoms with van der Waals surface area (Å²) in [4.78, 5) is 2.29. The molecule has 2 aromatic carbocycles. The maximum Gasteiger partial charge on any atom is 0.199 e. The van der Waals surface area contributed by atoms with Crippen LogP contribution in [0.5, 0.6) is 0 Å². The molecule has 0 saturated heterocycles. The minimum atomic E-state index is -0.291. The summed E-state index contributed by atoms with van der Waals surface area (Å²) in [6.45, 7) is 2.38. The van der Waals surface area contributed by atoms with Crippen molar-refractivity contribution in [3.05, 3.63) is 76.8 Å². The maximum absolute atomic E-state index is 14.1. The van der Waals surface area contributed by atoms with Gasteiger partial charge in [-0.25, -0.2) is 9.07 Å². The van der Waals surface area contributed by atoms with Crippen molar-refractivity contribution in [1.29, 1.82) is 0 Å². The van der Waals surface area contributed by atoms with Gasteiger partial charge in [-0.1, -0.05) is 48.5 Å². The van der Waals surface area contributed by atoms with Gasteiger partial charge in [-0.2, -0.15) is 5.10 Å². The summed E-state index contributed by atoms with van der Waals surface area (Å²) < 4.78 is 18.3. The Bertz CT molecular complexity index is 1040. The molecule has 6 heteroatoms. The van der Waals surface area contributed by atoms with E-state index in [0.29, 0.717) is 22.8 Å². The van der Waals surface area contributed by atoms with Gasteiger partial charge in [-0.3, -0.25) is 4.90 Å². The zero-order valence-corrected chi connectivity index (χ0v) is 16.0. The molecule has 0 aliphatic carbocycles. The average Bonchev–Trinajstić information content (AvgIpc) is 2.98. The van der Waals surface area contributed by atoms with Crippen LogP contribution in [0.2, 0.25) is 0 Å². The first kappa shape index (κ1) is 17.8. The molecule has 1 aromatic heterocycles. The SMILES string of the molecule is Cn1c(-c2ccccc2F)nn(CN2CC=C(c3ccccc3)CC2)c1=S. The highest BCUT2D eigenvalue weighted by Gasteiger charge is 2.17. The molecule has 138 valence electrons. The molecule has 0 fully saturated rings. The topological polar surface area (TPSA) is 26.0 Å². The lowest BCUT2D eigenvalue weighted by atomic mass is 10.00. The third-order valence-corrected chi connectivity index (χ3v) is 5.41. The molecule has 0 bridgehead atoms. The molecular weight excluding hydrogens is 359 g/mol. The van der Waals surface area contributed by atoms with Gasteiger partial charge in [-0.05, 0) is 41.9 Å². The van der Waals surface area contributed by atoms with Gasteiger partial charge >= 0.3 is 0 Å². The van der Waals surface area contributed by atoms with Crippen LogP contribution in [0.15, 0.2) is 60.7 Å². The van der Waals surface area contributed by atoms with E-state index < -0.39 is 0 Å². The smallest absolute Gasteiger partial charge is 0.199 e. The fourth-order valence-electron chi connectivity index (χ4n) is 3.40. The molecule has 0 amide bonds. The number of nitrogens with zero attached hydrogens (tertiary/aromatic N) is 4. The van der Waals surface area contributed by atoms with Gasteiger partial charge in [0.25, 0.3) is 0 Å². The summed E-state index contributed by atoms with van der Waals surface area (Å²) in [6, 6.07) is 17.1. The molecule has 4 nitrogen and oxygen atoms in total. The van der Waals surface area contributed by atoms with Crippen LogP contribution in [0.4, 0.5) is 4.39 Å². The van der Waals surface area contributed by atoms with Gasteiger partial charge in [0.1, 0.15) is 5.82 Å². The highest BCUT2D eigenvalue weighted by molar-refractivity contribution is 7.71. The van der Waals surface area contributed by atoms with E-state index in [1.54, 1.807) is 27.4 Å². The molecule has 1 aliphatic heterocycles. The molecular formula is C21H21FN4S. The normalized spacial score (nSPS) is 15.0. The second-order valence-corrected chi connectivity index (χ2v) is 7.07. The summed E-state index contributed by atoms with van der Waals surface area (Å²) in [6.07, 6.45) is 3.26. The Morgan fingerprint density at radius 3 is 2.52 bits per heavy atom. The molecule has 27 heavy (non-hydrogen) atoms. The molecule has 3 aromatic rings. The van der Waals surface area contributed by atoms with Crippen LogP contribution in [0.25, 0.3) is 17.0 Å². The molecule has 0 N–H and O–H groups in total. The number of rotatable bonds is 4. The molecule has 0 saturated carbocycles. The van der Waals surface area contributed by atoms with E-state index in [2.05, 4.69) is 40.3 Å². The molecule has 1 aliphatic rings. The van der Waals surface area contributed by atoms with Crippen LogP contribution < -0.4 is 0 Å². The Balaban J connectivity index is 1.53. The van der Waals surface area contributed by atoms with Crippen molar-refractivity contribution in [3.63, 3.8) is 0 Å². The number of hydrogen-bond donors (Lipinski definition) is 0. The van der Waals surface area contributed by atoms with Crippen molar-refractivity contribution in [2.75, 3.05) is 13.1 Å². The summed E-state index contributed by atoms with van der Waals surface area (Å²) in [5, 5.41) is 4.58. The zero-order chi connectivity index (χ0) is 18.8. The number of hydrogen-bond acceptors (Lipinski definition) is 3. The van der Waals surface area contributed by atoms with E-state index in [1.165, 1.54) is 17.2 Å². The summed E-state index contributed by atoms with van der Waals surface area (Å²) >= 11 is 5.52. The van der Waals surface area contributed by atoms with Crippen LogP contribution in [0.3, 0.4) is 0 Å². The predicted octanol–water partition coefficient (Wildman–Crippen LogP) is 4.50.